The molecule has 0 spiro atoms. The molecule has 0 bridgehead atoms. The first kappa shape index (κ1) is 42.8. The summed E-state index contributed by atoms with van der Waals surface area (Å²) in [6.45, 7) is 6.84. The maximum atomic E-state index is 2.56. The third-order valence-electron chi connectivity index (χ3n) is 14.9. The zero-order valence-corrected chi connectivity index (χ0v) is 40.9. The molecule has 338 valence electrons. The van der Waals surface area contributed by atoms with Crippen molar-refractivity contribution < 1.29 is 0 Å². The van der Waals surface area contributed by atoms with E-state index in [1.807, 2.05) is 11.3 Å². The molecule has 13 rings (SSSR count). The molecular formula is C69H51NS. The van der Waals surface area contributed by atoms with Gasteiger partial charge in [0, 0.05) is 37.0 Å². The minimum Gasteiger partial charge on any atom is -0.309 e. The van der Waals surface area contributed by atoms with Gasteiger partial charge in [-0.25, -0.2) is 0 Å². The number of fused-ring (bicyclic) bond motifs is 7. The zero-order chi connectivity index (χ0) is 47.7. The second-order valence-corrected chi connectivity index (χ2v) is 21.1. The summed E-state index contributed by atoms with van der Waals surface area (Å²) in [6.07, 6.45) is 0. The molecule has 71 heavy (non-hydrogen) atoms. The minimum absolute atomic E-state index is 0.0649. The molecule has 1 aliphatic carbocycles. The molecular weight excluding hydrogens is 875 g/mol. The lowest BCUT2D eigenvalue weighted by molar-refractivity contribution is 0.590. The fourth-order valence-corrected chi connectivity index (χ4v) is 12.7. The van der Waals surface area contributed by atoms with Crippen molar-refractivity contribution in [3.05, 3.63) is 283 Å². The van der Waals surface area contributed by atoms with Crippen molar-refractivity contribution >= 4 is 59.3 Å². The van der Waals surface area contributed by atoms with Crippen molar-refractivity contribution in [2.45, 2.75) is 31.6 Å². The number of anilines is 3. The molecule has 1 heterocycles. The van der Waals surface area contributed by atoms with Crippen LogP contribution in [0.3, 0.4) is 0 Å². The first-order chi connectivity index (χ1) is 34.8. The highest BCUT2D eigenvalue weighted by Crippen LogP contribution is 2.58. The van der Waals surface area contributed by atoms with Gasteiger partial charge in [0.15, 0.2) is 0 Å². The maximum Gasteiger partial charge on any atom is 0.0713 e. The molecule has 0 amide bonds. The van der Waals surface area contributed by atoms with Crippen molar-refractivity contribution in [3.8, 4) is 44.5 Å². The summed E-state index contributed by atoms with van der Waals surface area (Å²) in [5.74, 6) is 0. The Balaban J connectivity index is 1.11. The number of benzene rings is 11. The number of hydrogen-bond acceptors (Lipinski definition) is 2. The first-order valence-corrected chi connectivity index (χ1v) is 25.6. The average Bonchev–Trinajstić information content (AvgIpc) is 3.95. The second-order valence-electron chi connectivity index (χ2n) is 20.0. The van der Waals surface area contributed by atoms with Crippen LogP contribution in [-0.2, 0) is 10.8 Å². The van der Waals surface area contributed by atoms with Crippen LogP contribution in [0.25, 0.3) is 75.5 Å². The van der Waals surface area contributed by atoms with E-state index in [1.54, 1.807) is 0 Å². The maximum absolute atomic E-state index is 2.56. The molecule has 12 aromatic rings. The summed E-state index contributed by atoms with van der Waals surface area (Å²) in [5, 5.41) is 5.02. The van der Waals surface area contributed by atoms with Crippen LogP contribution >= 0.6 is 11.3 Å². The second kappa shape index (κ2) is 17.0. The van der Waals surface area contributed by atoms with Crippen molar-refractivity contribution in [2.75, 3.05) is 4.90 Å². The lowest BCUT2D eigenvalue weighted by atomic mass is 9.68. The van der Waals surface area contributed by atoms with E-state index in [4.69, 9.17) is 0 Å². The molecule has 1 aliphatic rings. The fraction of sp³-hybridized carbons (Fsp3) is 0.0725. The Morgan fingerprint density at radius 1 is 0.366 bits per heavy atom. The van der Waals surface area contributed by atoms with E-state index in [1.165, 1.54) is 92.1 Å². The van der Waals surface area contributed by atoms with Crippen molar-refractivity contribution in [1.82, 2.24) is 0 Å². The van der Waals surface area contributed by atoms with Gasteiger partial charge < -0.3 is 4.90 Å². The van der Waals surface area contributed by atoms with Crippen LogP contribution in [0.1, 0.15) is 48.6 Å². The quantitative estimate of drug-likeness (QED) is 0.147. The Kier molecular flexibility index (Phi) is 10.2. The normalized spacial score (nSPS) is 12.8. The Hall–Kier alpha value is -8.30. The van der Waals surface area contributed by atoms with Crippen LogP contribution in [0.2, 0.25) is 0 Å². The van der Waals surface area contributed by atoms with Gasteiger partial charge in [-0.1, -0.05) is 233 Å². The third kappa shape index (κ3) is 7.04. The molecule has 1 aromatic heterocycles. The molecule has 1 nitrogen and oxygen atoms in total. The van der Waals surface area contributed by atoms with E-state index >= 15 is 0 Å². The van der Waals surface area contributed by atoms with E-state index in [0.29, 0.717) is 0 Å². The molecule has 0 fully saturated rings. The van der Waals surface area contributed by atoms with E-state index in [2.05, 4.69) is 280 Å². The molecule has 0 saturated heterocycles. The number of rotatable bonds is 8. The van der Waals surface area contributed by atoms with Gasteiger partial charge >= 0.3 is 0 Å². The smallest absolute Gasteiger partial charge is 0.0713 e. The molecule has 2 heteroatoms. The topological polar surface area (TPSA) is 3.24 Å². The summed E-state index contributed by atoms with van der Waals surface area (Å²) < 4.78 is 2.59. The minimum atomic E-state index is -0.509. The molecule has 0 saturated carbocycles. The fourth-order valence-electron chi connectivity index (χ4n) is 11.5. The zero-order valence-electron chi connectivity index (χ0n) is 40.1. The molecule has 0 atom stereocenters. The van der Waals surface area contributed by atoms with Gasteiger partial charge in [-0.3, -0.25) is 0 Å². The molecule has 11 aromatic carbocycles. The van der Waals surface area contributed by atoms with Crippen LogP contribution < -0.4 is 4.90 Å². The lowest BCUT2D eigenvalue weighted by Crippen LogP contribution is -2.28. The van der Waals surface area contributed by atoms with Gasteiger partial charge in [-0.2, -0.15) is 0 Å². The molecule has 0 unspecified atom stereocenters. The van der Waals surface area contributed by atoms with Crippen LogP contribution in [0.5, 0.6) is 0 Å². The number of thiophene rings is 1. The van der Waals surface area contributed by atoms with E-state index in [0.717, 1.165) is 28.2 Å². The van der Waals surface area contributed by atoms with E-state index in [9.17, 15) is 0 Å². The van der Waals surface area contributed by atoms with Crippen LogP contribution in [0.15, 0.2) is 255 Å². The van der Waals surface area contributed by atoms with Gasteiger partial charge in [0.1, 0.15) is 0 Å². The van der Waals surface area contributed by atoms with Crippen LogP contribution in [0, 0.1) is 0 Å². The summed E-state index contributed by atoms with van der Waals surface area (Å²) in [6, 6.07) is 95.2. The number of hydrogen-bond donors (Lipinski definition) is 0. The highest BCUT2D eigenvalue weighted by atomic mass is 32.1. The van der Waals surface area contributed by atoms with Gasteiger partial charge in [0.05, 0.1) is 16.8 Å². The molecule has 0 aliphatic heterocycles. The summed E-state index contributed by atoms with van der Waals surface area (Å²) >= 11 is 1.87. The highest BCUT2D eigenvalue weighted by molar-refractivity contribution is 7.25. The highest BCUT2D eigenvalue weighted by Gasteiger charge is 2.46. The van der Waals surface area contributed by atoms with Crippen LogP contribution in [-0.4, -0.2) is 0 Å². The van der Waals surface area contributed by atoms with E-state index in [-0.39, 0.29) is 5.41 Å². The lowest BCUT2D eigenvalue weighted by Gasteiger charge is -2.34. The van der Waals surface area contributed by atoms with Gasteiger partial charge in [-0.05, 0) is 120 Å². The Bertz CT molecular complexity index is 3910. The van der Waals surface area contributed by atoms with Gasteiger partial charge in [0.25, 0.3) is 0 Å². The Morgan fingerprint density at radius 2 is 0.958 bits per heavy atom. The van der Waals surface area contributed by atoms with Crippen molar-refractivity contribution in [1.29, 1.82) is 0 Å². The molecule has 0 N–H and O–H groups in total. The van der Waals surface area contributed by atoms with E-state index < -0.39 is 5.41 Å². The van der Waals surface area contributed by atoms with Crippen molar-refractivity contribution in [2.24, 2.45) is 0 Å². The summed E-state index contributed by atoms with van der Waals surface area (Å²) in [4.78, 5) is 2.56. The standard InChI is InChI=1S/C69H51NS/c1-68(2,3)51-36-31-46(32-37-51)49-35-41-63(59(43-49)47-19-7-4-8-20-47)70(64-42-34-48-21-13-14-26-55(48)67(64)50-33-39-58-57-28-16-18-30-65(57)71-66(58)44-50)54-38-40-62-60(45-54)56-27-15-17-29-61(56)69(62,52-22-9-5-10-23-52)53-24-11-6-12-25-53/h4-45H,1-3H3. The first-order valence-electron chi connectivity index (χ1n) is 24.7. The Labute approximate surface area is 420 Å². The van der Waals surface area contributed by atoms with Gasteiger partial charge in [-0.15, -0.1) is 11.3 Å². The summed E-state index contributed by atoms with van der Waals surface area (Å²) in [7, 11) is 0. The third-order valence-corrected chi connectivity index (χ3v) is 16.1. The van der Waals surface area contributed by atoms with Crippen molar-refractivity contribution in [3.63, 3.8) is 0 Å². The van der Waals surface area contributed by atoms with Gasteiger partial charge in [0.2, 0.25) is 0 Å². The SMILES string of the molecule is CC(C)(C)c1ccc(-c2ccc(N(c3ccc4c(c3)-c3ccccc3C4(c3ccccc3)c3ccccc3)c3ccc4ccccc4c3-c3ccc4c(c3)sc3ccccc34)c(-c3ccccc3)c2)cc1. The average molecular weight is 926 g/mol. The predicted octanol–water partition coefficient (Wildman–Crippen LogP) is 19.3. The number of nitrogens with zero attached hydrogens (tertiary/aromatic N) is 1. The van der Waals surface area contributed by atoms with Crippen LogP contribution in [0.4, 0.5) is 17.1 Å². The molecule has 0 radical (unpaired) electrons. The Morgan fingerprint density at radius 3 is 1.70 bits per heavy atom. The monoisotopic (exact) mass is 925 g/mol. The largest absolute Gasteiger partial charge is 0.309 e. The predicted molar refractivity (Wildman–Crippen MR) is 304 cm³/mol. The summed E-state index contributed by atoms with van der Waals surface area (Å²) in [5.41, 5.74) is 18.9.